The molecule has 1 unspecified atom stereocenters. The zero-order valence-corrected chi connectivity index (χ0v) is 13.6. The molecule has 4 heteroatoms. The van der Waals surface area contributed by atoms with Crippen LogP contribution in [0.25, 0.3) is 0 Å². The average Bonchev–Trinajstić information content (AvgIpc) is 2.46. The van der Waals surface area contributed by atoms with Crippen LogP contribution >= 0.6 is 0 Å². The number of amides is 1. The van der Waals surface area contributed by atoms with Gasteiger partial charge in [-0.3, -0.25) is 9.59 Å². The predicted molar refractivity (Wildman–Crippen MR) is 79.2 cm³/mol. The van der Waals surface area contributed by atoms with Crippen molar-refractivity contribution in [1.82, 2.24) is 4.90 Å². The van der Waals surface area contributed by atoms with Crippen LogP contribution in [0.5, 0.6) is 0 Å². The molecule has 1 aliphatic rings. The molecule has 1 saturated heterocycles. The molecule has 1 aliphatic heterocycles. The molecule has 1 fully saturated rings. The minimum absolute atomic E-state index is 0.178. The van der Waals surface area contributed by atoms with E-state index >= 15 is 0 Å². The average molecular weight is 283 g/mol. The molecule has 1 amide bonds. The molecule has 116 valence electrons. The summed E-state index contributed by atoms with van der Waals surface area (Å²) in [6.45, 7) is 11.2. The SMILES string of the molecule is CC(C)C1CCC(=O)N(CCC(=O)OC(C)(C)C)CC1. The Morgan fingerprint density at radius 1 is 1.35 bits per heavy atom. The Balaban J connectivity index is 2.43. The number of hydrogen-bond donors (Lipinski definition) is 0. The van der Waals surface area contributed by atoms with E-state index in [1.165, 1.54) is 0 Å². The molecule has 1 rings (SSSR count). The number of likely N-dealkylation sites (tertiary alicyclic amines) is 1. The number of hydrogen-bond acceptors (Lipinski definition) is 3. The van der Waals surface area contributed by atoms with Crippen LogP contribution < -0.4 is 0 Å². The normalized spacial score (nSPS) is 21.0. The lowest BCUT2D eigenvalue weighted by Gasteiger charge is -2.23. The van der Waals surface area contributed by atoms with Crippen LogP contribution in [0.15, 0.2) is 0 Å². The summed E-state index contributed by atoms with van der Waals surface area (Å²) >= 11 is 0. The molecule has 0 bridgehead atoms. The molecule has 20 heavy (non-hydrogen) atoms. The number of carbonyl (C=O) groups is 2. The number of rotatable bonds is 4. The third-order valence-electron chi connectivity index (χ3n) is 3.80. The fourth-order valence-corrected chi connectivity index (χ4v) is 2.58. The van der Waals surface area contributed by atoms with Gasteiger partial charge in [-0.1, -0.05) is 13.8 Å². The van der Waals surface area contributed by atoms with Gasteiger partial charge in [0.1, 0.15) is 5.60 Å². The maximum Gasteiger partial charge on any atom is 0.308 e. The molecule has 0 spiro atoms. The summed E-state index contributed by atoms with van der Waals surface area (Å²) in [5.41, 5.74) is -0.456. The van der Waals surface area contributed by atoms with Gasteiger partial charge in [-0.2, -0.15) is 0 Å². The van der Waals surface area contributed by atoms with Gasteiger partial charge >= 0.3 is 5.97 Å². The Labute approximate surface area is 122 Å². The second-order valence-corrected chi connectivity index (χ2v) is 7.05. The van der Waals surface area contributed by atoms with Gasteiger partial charge in [0, 0.05) is 19.5 Å². The topological polar surface area (TPSA) is 46.6 Å². The lowest BCUT2D eigenvalue weighted by Crippen LogP contribution is -2.34. The smallest absolute Gasteiger partial charge is 0.308 e. The largest absolute Gasteiger partial charge is 0.460 e. The molecule has 0 radical (unpaired) electrons. The zero-order chi connectivity index (χ0) is 15.3. The van der Waals surface area contributed by atoms with Gasteiger partial charge in [-0.05, 0) is 45.4 Å². The Morgan fingerprint density at radius 3 is 2.55 bits per heavy atom. The van der Waals surface area contributed by atoms with Gasteiger partial charge in [-0.25, -0.2) is 0 Å². The summed E-state index contributed by atoms with van der Waals surface area (Å²) < 4.78 is 5.28. The molecular weight excluding hydrogens is 254 g/mol. The van der Waals surface area contributed by atoms with E-state index in [-0.39, 0.29) is 18.3 Å². The number of carbonyl (C=O) groups excluding carboxylic acids is 2. The van der Waals surface area contributed by atoms with E-state index < -0.39 is 5.60 Å². The highest BCUT2D eigenvalue weighted by Gasteiger charge is 2.25. The number of esters is 1. The van der Waals surface area contributed by atoms with Crippen LogP contribution in [0.4, 0.5) is 0 Å². The van der Waals surface area contributed by atoms with Crippen molar-refractivity contribution >= 4 is 11.9 Å². The third kappa shape index (κ3) is 5.93. The lowest BCUT2D eigenvalue weighted by molar-refractivity contribution is -0.155. The Morgan fingerprint density at radius 2 is 2.00 bits per heavy atom. The molecule has 1 heterocycles. The van der Waals surface area contributed by atoms with Gasteiger partial charge in [0.15, 0.2) is 0 Å². The van der Waals surface area contributed by atoms with Crippen LogP contribution in [0.2, 0.25) is 0 Å². The minimum atomic E-state index is -0.456. The molecule has 0 aliphatic carbocycles. The summed E-state index contributed by atoms with van der Waals surface area (Å²) in [6, 6.07) is 0. The Kier molecular flexibility index (Phi) is 6.03. The lowest BCUT2D eigenvalue weighted by atomic mass is 9.89. The summed E-state index contributed by atoms with van der Waals surface area (Å²) in [7, 11) is 0. The Bertz CT molecular complexity index is 344. The standard InChI is InChI=1S/C16H29NO3/c1-12(2)13-6-7-14(18)17(10-8-13)11-9-15(19)20-16(3,4)5/h12-13H,6-11H2,1-5H3. The van der Waals surface area contributed by atoms with Crippen LogP contribution in [0, 0.1) is 11.8 Å². The van der Waals surface area contributed by atoms with Crippen molar-refractivity contribution in [3.05, 3.63) is 0 Å². The molecule has 0 aromatic heterocycles. The van der Waals surface area contributed by atoms with Gasteiger partial charge < -0.3 is 9.64 Å². The predicted octanol–water partition coefficient (Wildman–Crippen LogP) is 3.00. The first-order valence-corrected chi connectivity index (χ1v) is 7.68. The van der Waals surface area contributed by atoms with E-state index in [1.54, 1.807) is 0 Å². The third-order valence-corrected chi connectivity index (χ3v) is 3.80. The molecule has 0 aromatic rings. The van der Waals surface area contributed by atoms with Crippen molar-refractivity contribution in [1.29, 1.82) is 0 Å². The molecule has 0 saturated carbocycles. The van der Waals surface area contributed by atoms with E-state index in [2.05, 4.69) is 13.8 Å². The van der Waals surface area contributed by atoms with Crippen molar-refractivity contribution in [2.24, 2.45) is 11.8 Å². The van der Waals surface area contributed by atoms with E-state index in [4.69, 9.17) is 4.74 Å². The van der Waals surface area contributed by atoms with Crippen LogP contribution in [0.1, 0.15) is 60.3 Å². The van der Waals surface area contributed by atoms with Gasteiger partial charge in [0.05, 0.1) is 6.42 Å². The van der Waals surface area contributed by atoms with Crippen LogP contribution in [0.3, 0.4) is 0 Å². The highest BCUT2D eigenvalue weighted by atomic mass is 16.6. The first kappa shape index (κ1) is 17.0. The van der Waals surface area contributed by atoms with Crippen molar-refractivity contribution in [3.8, 4) is 0 Å². The van der Waals surface area contributed by atoms with E-state index in [0.29, 0.717) is 24.8 Å². The summed E-state index contributed by atoms with van der Waals surface area (Å²) in [6.07, 6.45) is 2.91. The molecule has 1 atom stereocenters. The van der Waals surface area contributed by atoms with Crippen LogP contribution in [-0.4, -0.2) is 35.5 Å². The maximum absolute atomic E-state index is 12.1. The second kappa shape index (κ2) is 7.09. The van der Waals surface area contributed by atoms with Crippen molar-refractivity contribution in [3.63, 3.8) is 0 Å². The zero-order valence-electron chi connectivity index (χ0n) is 13.6. The molecule has 0 N–H and O–H groups in total. The highest BCUT2D eigenvalue weighted by Crippen LogP contribution is 2.25. The van der Waals surface area contributed by atoms with Crippen molar-refractivity contribution < 1.29 is 14.3 Å². The molecule has 0 aromatic carbocycles. The first-order chi connectivity index (χ1) is 9.19. The Hall–Kier alpha value is -1.06. The van der Waals surface area contributed by atoms with Crippen LogP contribution in [-0.2, 0) is 14.3 Å². The molecule has 4 nitrogen and oxygen atoms in total. The second-order valence-electron chi connectivity index (χ2n) is 7.05. The van der Waals surface area contributed by atoms with Crippen molar-refractivity contribution in [2.45, 2.75) is 65.9 Å². The summed E-state index contributed by atoms with van der Waals surface area (Å²) in [5, 5.41) is 0. The van der Waals surface area contributed by atoms with E-state index in [0.717, 1.165) is 19.4 Å². The van der Waals surface area contributed by atoms with Crippen molar-refractivity contribution in [2.75, 3.05) is 13.1 Å². The van der Waals surface area contributed by atoms with Gasteiger partial charge in [-0.15, -0.1) is 0 Å². The fraction of sp³-hybridized carbons (Fsp3) is 0.875. The monoisotopic (exact) mass is 283 g/mol. The molecular formula is C16H29NO3. The first-order valence-electron chi connectivity index (χ1n) is 7.68. The van der Waals surface area contributed by atoms with E-state index in [1.807, 2.05) is 25.7 Å². The quantitative estimate of drug-likeness (QED) is 0.745. The van der Waals surface area contributed by atoms with Gasteiger partial charge in [0.25, 0.3) is 0 Å². The summed E-state index contributed by atoms with van der Waals surface area (Å²) in [4.78, 5) is 25.6. The fourth-order valence-electron chi connectivity index (χ4n) is 2.58. The van der Waals surface area contributed by atoms with Gasteiger partial charge in [0.2, 0.25) is 5.91 Å². The highest BCUT2D eigenvalue weighted by molar-refractivity contribution is 5.77. The van der Waals surface area contributed by atoms with E-state index in [9.17, 15) is 9.59 Å². The number of ether oxygens (including phenoxy) is 1. The summed E-state index contributed by atoms with van der Waals surface area (Å²) in [5.74, 6) is 1.19. The maximum atomic E-state index is 12.1. The minimum Gasteiger partial charge on any atom is -0.460 e. The number of nitrogens with zero attached hydrogens (tertiary/aromatic N) is 1.